The molecule has 74 heavy (non-hydrogen) atoms. The number of amides is 2. The number of para-hydroxylation sites is 1. The second kappa shape index (κ2) is 19.8. The van der Waals surface area contributed by atoms with Crippen molar-refractivity contribution in [3.8, 4) is 11.5 Å². The third-order valence-corrected chi connectivity index (χ3v) is 17.2. The van der Waals surface area contributed by atoms with Gasteiger partial charge in [0.1, 0.15) is 18.1 Å². The second-order valence-electron chi connectivity index (χ2n) is 20.4. The number of unbranched alkanes of at least 4 members (excludes halogenated alkanes) is 2. The average molecular weight is 1070 g/mol. The van der Waals surface area contributed by atoms with E-state index in [1.165, 1.54) is 24.3 Å². The molecule has 21 heteroatoms. The van der Waals surface area contributed by atoms with Crippen LogP contribution in [-0.4, -0.2) is 96.6 Å². The smallest absolute Gasteiger partial charge is 0.364 e. The number of imide groups is 1. The maximum absolute atomic E-state index is 13.5. The number of benzene rings is 3. The van der Waals surface area contributed by atoms with Crippen molar-refractivity contribution in [1.82, 2.24) is 5.06 Å². The molecule has 3 aromatic rings. The predicted molar refractivity (Wildman–Crippen MR) is 273 cm³/mol. The van der Waals surface area contributed by atoms with Crippen molar-refractivity contribution in [3.05, 3.63) is 136 Å². The normalized spacial score (nSPS) is 21.3. The Labute approximate surface area is 430 Å². The minimum atomic E-state index is -4.57. The number of anilines is 1. The zero-order valence-electron chi connectivity index (χ0n) is 41.4. The van der Waals surface area contributed by atoms with Crippen LogP contribution >= 0.6 is 0 Å². The summed E-state index contributed by atoms with van der Waals surface area (Å²) in [5.74, 6) is -1.54. The summed E-state index contributed by atoms with van der Waals surface area (Å²) in [5.41, 5.74) is 6.18. The van der Waals surface area contributed by atoms with E-state index >= 15 is 0 Å². The fourth-order valence-corrected chi connectivity index (χ4v) is 12.6. The highest BCUT2D eigenvalue weighted by Gasteiger charge is 2.45. The molecule has 0 aromatic heterocycles. The third kappa shape index (κ3) is 10.5. The van der Waals surface area contributed by atoms with E-state index in [0.717, 1.165) is 45.8 Å². The minimum Gasteiger partial charge on any atom is -0.453 e. The molecule has 3 N–H and O–H groups in total. The van der Waals surface area contributed by atoms with Crippen LogP contribution in [0.25, 0.3) is 0 Å². The van der Waals surface area contributed by atoms with Gasteiger partial charge in [0.25, 0.3) is 42.2 Å². The molecule has 18 nitrogen and oxygen atoms in total. The van der Waals surface area contributed by atoms with Gasteiger partial charge in [-0.3, -0.25) is 23.2 Å². The van der Waals surface area contributed by atoms with Gasteiger partial charge in [0.05, 0.1) is 27.4 Å². The Kier molecular flexibility index (Phi) is 14.1. The first-order valence-corrected chi connectivity index (χ1v) is 29.2. The van der Waals surface area contributed by atoms with Crippen LogP contribution in [0.4, 0.5) is 11.4 Å². The summed E-state index contributed by atoms with van der Waals surface area (Å²) in [5, 5.41) is 0.473. The quantitative estimate of drug-likeness (QED) is 0.0529. The van der Waals surface area contributed by atoms with Crippen LogP contribution in [0.1, 0.15) is 113 Å². The van der Waals surface area contributed by atoms with Crippen LogP contribution in [-0.2, 0) is 55.6 Å². The van der Waals surface area contributed by atoms with Crippen molar-refractivity contribution in [1.29, 1.82) is 0 Å². The van der Waals surface area contributed by atoms with Crippen LogP contribution in [0.5, 0.6) is 11.5 Å². The molecule has 2 aliphatic carbocycles. The Balaban J connectivity index is 1.16. The monoisotopic (exact) mass is 1070 g/mol. The molecule has 0 radical (unpaired) electrons. The van der Waals surface area contributed by atoms with Crippen LogP contribution in [0.2, 0.25) is 0 Å². The zero-order valence-corrected chi connectivity index (χ0v) is 43.8. The molecule has 0 saturated carbocycles. The van der Waals surface area contributed by atoms with Crippen LogP contribution < -0.4 is 14.4 Å². The number of fused-ring (bicyclic) bond motifs is 3. The molecule has 2 amide bonds. The molecule has 6 aliphatic rings. The minimum absolute atomic E-state index is 0.0140. The summed E-state index contributed by atoms with van der Waals surface area (Å²) in [6.45, 7) is 8.90. The molecule has 0 spiro atoms. The van der Waals surface area contributed by atoms with E-state index in [-0.39, 0.29) is 59.3 Å². The SMILES string of the molecule is CC1(C)C(/C=C/C2=C3Oc4ccc(C(=O)ON5C(=O)CCC5=O)cc4OC4=C3C(CC2)CC/C4=C\C=C2\N(CCCCS(=O)(=O)O)c3ccc(S(=O)(=O)O)cc3C2(C)C)=[N+](CCCCS(=O)(=O)O)c2ccccc21. The molecule has 3 aromatic carbocycles. The van der Waals surface area contributed by atoms with E-state index in [2.05, 4.69) is 30.6 Å². The summed E-state index contributed by atoms with van der Waals surface area (Å²) in [6.07, 6.45) is 11.7. The van der Waals surface area contributed by atoms with Crippen molar-refractivity contribution in [2.24, 2.45) is 5.92 Å². The van der Waals surface area contributed by atoms with Gasteiger partial charge in [-0.05, 0) is 130 Å². The second-order valence-corrected chi connectivity index (χ2v) is 24.9. The number of allylic oxidation sites excluding steroid dienone is 8. The van der Waals surface area contributed by atoms with E-state index < -0.39 is 64.7 Å². The molecule has 1 saturated heterocycles. The van der Waals surface area contributed by atoms with Gasteiger partial charge >= 0.3 is 5.97 Å². The summed E-state index contributed by atoms with van der Waals surface area (Å²) in [4.78, 5) is 45.3. The van der Waals surface area contributed by atoms with Crippen LogP contribution in [0.3, 0.4) is 0 Å². The van der Waals surface area contributed by atoms with Gasteiger partial charge < -0.3 is 19.2 Å². The van der Waals surface area contributed by atoms with Gasteiger partial charge in [0.15, 0.2) is 17.2 Å². The Morgan fingerprint density at radius 2 is 1.42 bits per heavy atom. The molecule has 4 heterocycles. The lowest BCUT2D eigenvalue weighted by atomic mass is 9.74. The number of ether oxygens (including phenoxy) is 2. The number of carbonyl (C=O) groups excluding carboxylic acids is 3. The summed E-state index contributed by atoms with van der Waals surface area (Å²) in [6, 6.07) is 16.9. The van der Waals surface area contributed by atoms with Crippen molar-refractivity contribution < 1.29 is 72.2 Å². The first kappa shape index (κ1) is 52.6. The van der Waals surface area contributed by atoms with Gasteiger partial charge in [0, 0.05) is 65.9 Å². The average Bonchev–Trinajstić information content (AvgIpc) is 3.77. The lowest BCUT2D eigenvalue weighted by Crippen LogP contribution is -2.32. The molecule has 0 bridgehead atoms. The number of nitrogens with zero attached hydrogens (tertiary/aromatic N) is 3. The fraction of sp³-hybridized carbons (Fsp3) is 0.396. The van der Waals surface area contributed by atoms with E-state index in [9.17, 15) is 53.3 Å². The predicted octanol–water partition coefficient (Wildman–Crippen LogP) is 8.21. The summed E-state index contributed by atoms with van der Waals surface area (Å²) >= 11 is 0. The Bertz CT molecular complexity index is 3420. The van der Waals surface area contributed by atoms with Gasteiger partial charge in [-0.1, -0.05) is 38.1 Å². The van der Waals surface area contributed by atoms with Gasteiger partial charge in [-0.25, -0.2) is 4.79 Å². The van der Waals surface area contributed by atoms with Crippen molar-refractivity contribution >= 4 is 65.2 Å². The highest BCUT2D eigenvalue weighted by atomic mass is 32.2. The van der Waals surface area contributed by atoms with E-state index in [0.29, 0.717) is 73.0 Å². The van der Waals surface area contributed by atoms with Crippen LogP contribution in [0, 0.1) is 5.92 Å². The molecule has 392 valence electrons. The van der Waals surface area contributed by atoms with Gasteiger partial charge in [0.2, 0.25) is 5.69 Å². The standard InChI is InChI=1S/C53H57N3O15S3/c1-52(2)38-11-5-6-12-40(38)54(27-7-9-29-72(60,61)62)44(52)23-18-34-15-13-33-14-16-35(50-48(33)49(34)69-42-22-17-36(31-43(42)70-50)51(59)71-56-46(57)25-26-47(56)58)19-24-45-53(3,4)39-32-37(74(66,67)68)20-21-41(39)55(45)28-8-10-30-73(63,64)65/h5-6,11-12,17-24,31-33H,7-10,13-16,25-30H2,1-4H3,(H2-,60,61,62,63,64,65,66,67,68)/p+1. The molecule has 1 fully saturated rings. The lowest BCUT2D eigenvalue weighted by molar-refractivity contribution is -0.438. The summed E-state index contributed by atoms with van der Waals surface area (Å²) < 4.78 is 116. The van der Waals surface area contributed by atoms with Gasteiger partial charge in [-0.15, -0.1) is 5.06 Å². The van der Waals surface area contributed by atoms with Crippen molar-refractivity contribution in [2.45, 2.75) is 108 Å². The Morgan fingerprint density at radius 1 is 0.743 bits per heavy atom. The van der Waals surface area contributed by atoms with Gasteiger partial charge in [-0.2, -0.15) is 29.8 Å². The highest BCUT2D eigenvalue weighted by molar-refractivity contribution is 7.86. The Hall–Kier alpha value is -6.23. The third-order valence-electron chi connectivity index (χ3n) is 14.7. The fourth-order valence-electron chi connectivity index (χ4n) is 10.9. The van der Waals surface area contributed by atoms with E-state index in [1.807, 2.05) is 55.2 Å². The van der Waals surface area contributed by atoms with E-state index in [1.54, 1.807) is 12.1 Å². The maximum atomic E-state index is 13.5. The number of rotatable bonds is 16. The molecule has 1 unspecified atom stereocenters. The maximum Gasteiger partial charge on any atom is 0.364 e. The lowest BCUT2D eigenvalue weighted by Gasteiger charge is -2.33. The first-order chi connectivity index (χ1) is 34.8. The number of hydrogen-bond donors (Lipinski definition) is 3. The topological polar surface area (TPSA) is 251 Å². The number of carbonyl (C=O) groups is 3. The largest absolute Gasteiger partial charge is 0.453 e. The molecule has 4 aliphatic heterocycles. The molecule has 1 atom stereocenters. The Morgan fingerprint density at radius 3 is 2.12 bits per heavy atom. The number of hydrogen-bond acceptors (Lipinski definition) is 13. The van der Waals surface area contributed by atoms with Crippen LogP contribution in [0.15, 0.2) is 124 Å². The first-order valence-electron chi connectivity index (χ1n) is 24.5. The molecular formula is C53H58N3O15S3+. The molecular weight excluding hydrogens is 1010 g/mol. The zero-order chi connectivity index (χ0) is 53.1. The highest BCUT2D eigenvalue weighted by Crippen LogP contribution is 2.52. The molecule has 9 rings (SSSR count). The summed E-state index contributed by atoms with van der Waals surface area (Å²) in [7, 11) is -12.9. The van der Waals surface area contributed by atoms with E-state index in [4.69, 9.17) is 14.3 Å². The van der Waals surface area contributed by atoms with Crippen molar-refractivity contribution in [2.75, 3.05) is 29.5 Å². The van der Waals surface area contributed by atoms with Crippen molar-refractivity contribution in [3.63, 3.8) is 0 Å². The number of hydroxylamine groups is 2.